The van der Waals surface area contributed by atoms with E-state index < -0.39 is 110 Å². The number of aromatic nitrogens is 1. The number of benzene rings is 2. The van der Waals surface area contributed by atoms with Gasteiger partial charge in [0, 0.05) is 30.3 Å². The van der Waals surface area contributed by atoms with Gasteiger partial charge in [0.1, 0.15) is 11.5 Å². The molecule has 1 aliphatic heterocycles. The zero-order valence-electron chi connectivity index (χ0n) is 27.4. The molecular formula is C34H34F9N3O5. The lowest BCUT2D eigenvalue weighted by atomic mass is 9.76. The maximum Gasteiger partial charge on any atom is 0.417 e. The van der Waals surface area contributed by atoms with E-state index in [2.05, 4.69) is 5.32 Å². The Labute approximate surface area is 285 Å². The molecule has 1 amide bonds. The standard InChI is InChI=1S/C34H34F9N3O5/c1-45-25-14-18(16-47)6-7-23(25)27(33(38,39)40)26(28(45)48)22-9-8-20-19(4-3-5-21(20)22)15-24(29(49)51-2)44-30(50)31(34(41,42)43)10-12-46(13-11-31)17-32(35,36)37/h3-7,14,22,24,47H,8-13,15-17H2,1-2H3,(H,44,50)/t22?,24-/m0/s1. The largest absolute Gasteiger partial charge is 0.467 e. The Morgan fingerprint density at radius 3 is 2.27 bits per heavy atom. The highest BCUT2D eigenvalue weighted by Gasteiger charge is 2.61. The van der Waals surface area contributed by atoms with Crippen LogP contribution in [0.3, 0.4) is 0 Å². The van der Waals surface area contributed by atoms with E-state index in [-0.39, 0.29) is 23.7 Å². The number of aliphatic hydroxyl groups excluding tert-OH is 1. The minimum Gasteiger partial charge on any atom is -0.467 e. The number of halogens is 9. The molecule has 2 aromatic carbocycles. The van der Waals surface area contributed by atoms with Gasteiger partial charge in [0.2, 0.25) is 5.91 Å². The van der Waals surface area contributed by atoms with Crippen LogP contribution in [0, 0.1) is 5.41 Å². The Morgan fingerprint density at radius 2 is 1.71 bits per heavy atom. The molecule has 1 saturated heterocycles. The lowest BCUT2D eigenvalue weighted by Crippen LogP contribution is -2.59. The van der Waals surface area contributed by atoms with E-state index in [1.54, 1.807) is 0 Å². The molecule has 1 fully saturated rings. The van der Waals surface area contributed by atoms with E-state index in [4.69, 9.17) is 4.74 Å². The molecule has 0 spiro atoms. The number of ether oxygens (including phenoxy) is 1. The molecule has 278 valence electrons. The minimum absolute atomic E-state index is 0.0334. The predicted molar refractivity (Wildman–Crippen MR) is 165 cm³/mol. The maximum absolute atomic E-state index is 14.7. The lowest BCUT2D eigenvalue weighted by molar-refractivity contribution is -0.236. The quantitative estimate of drug-likeness (QED) is 0.233. The maximum atomic E-state index is 14.7. The molecular weight excluding hydrogens is 701 g/mol. The molecule has 2 heterocycles. The second-order valence-electron chi connectivity index (χ2n) is 13.0. The van der Waals surface area contributed by atoms with E-state index in [9.17, 15) is 59.0 Å². The van der Waals surface area contributed by atoms with Crippen molar-refractivity contribution >= 4 is 22.8 Å². The number of nitrogens with one attached hydrogen (secondary N) is 1. The van der Waals surface area contributed by atoms with Crippen molar-refractivity contribution in [2.24, 2.45) is 12.5 Å². The highest BCUT2D eigenvalue weighted by molar-refractivity contribution is 5.89. The van der Waals surface area contributed by atoms with Crippen molar-refractivity contribution in [1.29, 1.82) is 0 Å². The van der Waals surface area contributed by atoms with Crippen molar-refractivity contribution in [2.45, 2.75) is 69.2 Å². The van der Waals surface area contributed by atoms with E-state index in [1.807, 2.05) is 0 Å². The summed E-state index contributed by atoms with van der Waals surface area (Å²) in [5.41, 5.74) is -4.28. The monoisotopic (exact) mass is 735 g/mol. The van der Waals surface area contributed by atoms with Gasteiger partial charge in [-0.3, -0.25) is 14.5 Å². The number of amides is 1. The molecule has 0 radical (unpaired) electrons. The first-order chi connectivity index (χ1) is 23.7. The third-order valence-corrected chi connectivity index (χ3v) is 9.98. The molecule has 17 heteroatoms. The van der Waals surface area contributed by atoms with E-state index in [0.29, 0.717) is 22.3 Å². The Bertz CT molecular complexity index is 1880. The van der Waals surface area contributed by atoms with Crippen LogP contribution in [0.5, 0.6) is 0 Å². The molecule has 1 aromatic heterocycles. The highest BCUT2D eigenvalue weighted by atomic mass is 19.4. The first kappa shape index (κ1) is 38.1. The number of alkyl halides is 9. The number of hydrogen-bond donors (Lipinski definition) is 2. The van der Waals surface area contributed by atoms with Gasteiger partial charge in [0.25, 0.3) is 5.56 Å². The van der Waals surface area contributed by atoms with Gasteiger partial charge >= 0.3 is 24.5 Å². The van der Waals surface area contributed by atoms with Crippen LogP contribution < -0.4 is 10.9 Å². The second kappa shape index (κ2) is 13.8. The molecule has 51 heavy (non-hydrogen) atoms. The first-order valence-corrected chi connectivity index (χ1v) is 15.9. The summed E-state index contributed by atoms with van der Waals surface area (Å²) in [5, 5.41) is 11.4. The summed E-state index contributed by atoms with van der Waals surface area (Å²) in [6, 6.07) is 6.60. The van der Waals surface area contributed by atoms with Crippen molar-refractivity contribution in [3.05, 3.63) is 80.1 Å². The van der Waals surface area contributed by atoms with Crippen LogP contribution in [-0.4, -0.2) is 71.6 Å². The summed E-state index contributed by atoms with van der Waals surface area (Å²) in [7, 11) is 2.26. The number of piperidine rings is 1. The van der Waals surface area contributed by atoms with E-state index in [0.717, 1.165) is 16.6 Å². The number of esters is 1. The number of rotatable bonds is 8. The molecule has 0 saturated carbocycles. The molecule has 2 aliphatic rings. The normalized spacial score (nSPS) is 18.8. The zero-order chi connectivity index (χ0) is 37.7. The topological polar surface area (TPSA) is 101 Å². The van der Waals surface area contributed by atoms with E-state index >= 15 is 0 Å². The van der Waals surface area contributed by atoms with Crippen molar-refractivity contribution in [3.63, 3.8) is 0 Å². The molecule has 1 unspecified atom stereocenters. The van der Waals surface area contributed by atoms with Crippen LogP contribution in [0.4, 0.5) is 39.5 Å². The third kappa shape index (κ3) is 7.32. The fraction of sp³-hybridized carbons (Fsp3) is 0.500. The van der Waals surface area contributed by atoms with Crippen LogP contribution in [0.25, 0.3) is 10.9 Å². The van der Waals surface area contributed by atoms with Gasteiger partial charge in [-0.25, -0.2) is 4.79 Å². The first-order valence-electron chi connectivity index (χ1n) is 15.9. The van der Waals surface area contributed by atoms with Crippen LogP contribution in [0.2, 0.25) is 0 Å². The number of likely N-dealkylation sites (tertiary alicyclic amines) is 1. The number of methoxy groups -OCH3 is 1. The van der Waals surface area contributed by atoms with Crippen LogP contribution in [0.15, 0.2) is 41.2 Å². The molecule has 2 N–H and O–H groups in total. The fourth-order valence-corrected chi connectivity index (χ4v) is 7.39. The molecule has 2 atom stereocenters. The van der Waals surface area contributed by atoms with Crippen LogP contribution in [-0.2, 0) is 47.0 Å². The van der Waals surface area contributed by atoms with Crippen molar-refractivity contribution in [1.82, 2.24) is 14.8 Å². The Morgan fingerprint density at radius 1 is 1.04 bits per heavy atom. The number of carbonyl (C=O) groups is 2. The molecule has 0 bridgehead atoms. The van der Waals surface area contributed by atoms with E-state index in [1.165, 1.54) is 43.4 Å². The molecule has 5 rings (SSSR count). The average Bonchev–Trinajstić information content (AvgIpc) is 3.48. The zero-order valence-corrected chi connectivity index (χ0v) is 27.4. The Hall–Kier alpha value is -4.12. The summed E-state index contributed by atoms with van der Waals surface area (Å²) in [5.74, 6) is -3.78. The number of aliphatic hydroxyl groups is 1. The van der Waals surface area contributed by atoms with Crippen molar-refractivity contribution in [3.8, 4) is 0 Å². The number of pyridine rings is 1. The van der Waals surface area contributed by atoms with Crippen molar-refractivity contribution in [2.75, 3.05) is 26.7 Å². The number of nitrogens with zero attached hydrogens (tertiary/aromatic N) is 2. The summed E-state index contributed by atoms with van der Waals surface area (Å²) in [4.78, 5) is 40.6. The molecule has 8 nitrogen and oxygen atoms in total. The highest BCUT2D eigenvalue weighted by Crippen LogP contribution is 2.48. The Balaban J connectivity index is 1.49. The summed E-state index contributed by atoms with van der Waals surface area (Å²) < 4.78 is 132. The minimum atomic E-state index is -5.18. The third-order valence-electron chi connectivity index (χ3n) is 9.98. The molecule has 1 aliphatic carbocycles. The van der Waals surface area contributed by atoms with Gasteiger partial charge in [0.05, 0.1) is 31.3 Å². The SMILES string of the molecule is COC(=O)[C@H](Cc1cccc2c1CCC2c1c(C(F)(F)F)c2ccc(CO)cc2n(C)c1=O)NC(=O)C1(C(F)(F)F)CCN(CC(F)(F)F)CC1. The fourth-order valence-electron chi connectivity index (χ4n) is 7.39. The Kier molecular flexibility index (Phi) is 10.3. The predicted octanol–water partition coefficient (Wildman–Crippen LogP) is 5.53. The smallest absolute Gasteiger partial charge is 0.417 e. The summed E-state index contributed by atoms with van der Waals surface area (Å²) >= 11 is 0. The second-order valence-corrected chi connectivity index (χ2v) is 13.0. The molecule has 3 aromatic rings. The van der Waals surface area contributed by atoms with Gasteiger partial charge in [-0.1, -0.05) is 30.3 Å². The van der Waals surface area contributed by atoms with Gasteiger partial charge in [0.15, 0.2) is 0 Å². The average molecular weight is 736 g/mol. The lowest BCUT2D eigenvalue weighted by Gasteiger charge is -2.42. The van der Waals surface area contributed by atoms with Gasteiger partial charge in [-0.05, 0) is 67.1 Å². The number of hydrogen-bond acceptors (Lipinski definition) is 6. The summed E-state index contributed by atoms with van der Waals surface area (Å²) in [6.07, 6.45) is -17.0. The number of fused-ring (bicyclic) bond motifs is 2. The van der Waals surface area contributed by atoms with Crippen LogP contribution in [0.1, 0.15) is 58.6 Å². The van der Waals surface area contributed by atoms with Gasteiger partial charge < -0.3 is 19.7 Å². The summed E-state index contributed by atoms with van der Waals surface area (Å²) in [6.45, 7) is -3.27. The number of aryl methyl sites for hydroxylation is 1. The number of carbonyl (C=O) groups excluding carboxylic acids is 2. The van der Waals surface area contributed by atoms with Gasteiger partial charge in [-0.15, -0.1) is 0 Å². The van der Waals surface area contributed by atoms with Gasteiger partial charge in [-0.2, -0.15) is 39.5 Å². The van der Waals surface area contributed by atoms with Crippen LogP contribution >= 0.6 is 0 Å². The van der Waals surface area contributed by atoms with Crippen molar-refractivity contribution < 1.29 is 58.9 Å².